The molecule has 5 nitrogen and oxygen atoms in total. The minimum atomic E-state index is -0.00817. The normalized spacial score (nSPS) is 19.6. The van der Waals surface area contributed by atoms with Crippen LogP contribution in [-0.4, -0.2) is 23.3 Å². The van der Waals surface area contributed by atoms with E-state index < -0.39 is 0 Å². The Morgan fingerprint density at radius 3 is 2.71 bits per heavy atom. The van der Waals surface area contributed by atoms with Crippen molar-refractivity contribution in [3.8, 4) is 0 Å². The topological polar surface area (TPSA) is 60.2 Å². The summed E-state index contributed by atoms with van der Waals surface area (Å²) in [5.41, 5.74) is 0. The van der Waals surface area contributed by atoms with Crippen molar-refractivity contribution in [1.29, 1.82) is 0 Å². The van der Waals surface area contributed by atoms with Crippen LogP contribution in [0.3, 0.4) is 0 Å². The van der Waals surface area contributed by atoms with E-state index >= 15 is 0 Å². The highest BCUT2D eigenvalue weighted by molar-refractivity contribution is 4.97. The molecular weight excluding hydrogens is 266 g/mol. The summed E-state index contributed by atoms with van der Waals surface area (Å²) in [5.74, 6) is 1.92. The summed E-state index contributed by atoms with van der Waals surface area (Å²) in [4.78, 5) is 4.59. The summed E-state index contributed by atoms with van der Waals surface area (Å²) < 4.78 is 11.4. The van der Waals surface area contributed by atoms with E-state index in [1.165, 1.54) is 32.1 Å². The Labute approximate surface area is 127 Å². The lowest BCUT2D eigenvalue weighted by molar-refractivity contribution is -0.00145. The molecule has 1 saturated carbocycles. The van der Waals surface area contributed by atoms with Gasteiger partial charge in [-0.1, -0.05) is 31.3 Å². The summed E-state index contributed by atoms with van der Waals surface area (Å²) in [6.07, 6.45) is 7.41. The van der Waals surface area contributed by atoms with E-state index in [1.54, 1.807) is 0 Å². The first kappa shape index (κ1) is 16.4. The van der Waals surface area contributed by atoms with Gasteiger partial charge in [-0.15, -0.1) is 0 Å². The van der Waals surface area contributed by atoms with E-state index in [2.05, 4.69) is 29.3 Å². The monoisotopic (exact) mass is 295 g/mol. The Bertz CT molecular complexity index is 402. The average molecular weight is 295 g/mol. The second-order valence-electron chi connectivity index (χ2n) is 5.94. The average Bonchev–Trinajstić information content (AvgIpc) is 3.00. The highest BCUT2D eigenvalue weighted by Gasteiger charge is 2.30. The smallest absolute Gasteiger partial charge is 0.243 e. The predicted molar refractivity (Wildman–Crippen MR) is 81.9 cm³/mol. The molecule has 0 aliphatic heterocycles. The molecule has 2 atom stereocenters. The van der Waals surface area contributed by atoms with Gasteiger partial charge in [0.25, 0.3) is 0 Å². The van der Waals surface area contributed by atoms with Crippen LogP contribution in [0, 0.1) is 5.92 Å². The molecular formula is C16H29N3O2. The van der Waals surface area contributed by atoms with Gasteiger partial charge in [0.05, 0.1) is 6.04 Å². The second kappa shape index (κ2) is 8.49. The Morgan fingerprint density at radius 1 is 1.29 bits per heavy atom. The van der Waals surface area contributed by atoms with Crippen LogP contribution in [0.15, 0.2) is 4.52 Å². The van der Waals surface area contributed by atoms with E-state index in [4.69, 9.17) is 9.26 Å². The van der Waals surface area contributed by atoms with Gasteiger partial charge in [0.1, 0.15) is 6.10 Å². The van der Waals surface area contributed by atoms with Crippen molar-refractivity contribution in [2.75, 3.05) is 13.2 Å². The van der Waals surface area contributed by atoms with Crippen molar-refractivity contribution < 1.29 is 9.26 Å². The molecule has 0 saturated heterocycles. The fourth-order valence-corrected chi connectivity index (χ4v) is 3.02. The Kier molecular flexibility index (Phi) is 6.64. The molecule has 1 aliphatic carbocycles. The maximum Gasteiger partial charge on any atom is 0.243 e. The molecule has 21 heavy (non-hydrogen) atoms. The molecule has 1 aromatic rings. The highest BCUT2D eigenvalue weighted by Crippen LogP contribution is 2.35. The molecule has 0 bridgehead atoms. The lowest BCUT2D eigenvalue weighted by Crippen LogP contribution is -2.21. The Morgan fingerprint density at radius 2 is 2.05 bits per heavy atom. The molecule has 1 aliphatic rings. The summed E-state index contributed by atoms with van der Waals surface area (Å²) in [5, 5.41) is 7.56. The van der Waals surface area contributed by atoms with Crippen LogP contribution in [0.2, 0.25) is 0 Å². The Hall–Kier alpha value is -0.940. The van der Waals surface area contributed by atoms with Crippen LogP contribution in [0.1, 0.15) is 83.2 Å². The number of nitrogens with zero attached hydrogens (tertiary/aromatic N) is 2. The van der Waals surface area contributed by atoms with Crippen molar-refractivity contribution in [3.63, 3.8) is 0 Å². The number of nitrogens with one attached hydrogen (secondary N) is 1. The first-order valence-electron chi connectivity index (χ1n) is 8.44. The number of hydrogen-bond acceptors (Lipinski definition) is 5. The summed E-state index contributed by atoms with van der Waals surface area (Å²) in [6.45, 7) is 7.88. The van der Waals surface area contributed by atoms with Gasteiger partial charge in [-0.05, 0) is 45.6 Å². The molecule has 1 fully saturated rings. The molecule has 1 aromatic heterocycles. The molecule has 2 rings (SSSR count). The molecule has 0 radical (unpaired) electrons. The third kappa shape index (κ3) is 4.51. The molecule has 1 heterocycles. The molecule has 0 spiro atoms. The summed E-state index contributed by atoms with van der Waals surface area (Å²) >= 11 is 0. The van der Waals surface area contributed by atoms with Crippen molar-refractivity contribution in [2.45, 2.75) is 71.4 Å². The number of rotatable bonds is 8. The zero-order chi connectivity index (χ0) is 15.1. The third-order valence-electron chi connectivity index (χ3n) is 4.21. The van der Waals surface area contributed by atoms with E-state index in [0.717, 1.165) is 18.8 Å². The van der Waals surface area contributed by atoms with E-state index in [1.807, 2.05) is 6.92 Å². The maximum absolute atomic E-state index is 5.94. The predicted octanol–water partition coefficient (Wildman–Crippen LogP) is 3.79. The van der Waals surface area contributed by atoms with Crippen LogP contribution in [0.25, 0.3) is 0 Å². The quantitative estimate of drug-likeness (QED) is 0.790. The van der Waals surface area contributed by atoms with Crippen LogP contribution >= 0.6 is 0 Å². The summed E-state index contributed by atoms with van der Waals surface area (Å²) in [6, 6.07) is 0.0971. The molecule has 120 valence electrons. The lowest BCUT2D eigenvalue weighted by atomic mass is 9.85. The van der Waals surface area contributed by atoms with Gasteiger partial charge < -0.3 is 14.6 Å². The van der Waals surface area contributed by atoms with Crippen molar-refractivity contribution in [3.05, 3.63) is 11.7 Å². The molecule has 1 N–H and O–H groups in total. The van der Waals surface area contributed by atoms with Gasteiger partial charge in [0.2, 0.25) is 11.7 Å². The lowest BCUT2D eigenvalue weighted by Gasteiger charge is -2.27. The second-order valence-corrected chi connectivity index (χ2v) is 5.94. The van der Waals surface area contributed by atoms with Gasteiger partial charge in [0.15, 0.2) is 0 Å². The van der Waals surface area contributed by atoms with Gasteiger partial charge in [0, 0.05) is 6.61 Å². The largest absolute Gasteiger partial charge is 0.370 e. The van der Waals surface area contributed by atoms with E-state index in [9.17, 15) is 0 Å². The van der Waals surface area contributed by atoms with E-state index in [-0.39, 0.29) is 12.1 Å². The standard InChI is InChI=1S/C16H29N3O2/c1-4-11-17-12(3)16-18-15(19-21-16)14(20-5-2)13-9-7-6-8-10-13/h12-14,17H,4-11H2,1-3H3. The Balaban J connectivity index is 2.04. The first-order valence-corrected chi connectivity index (χ1v) is 8.44. The van der Waals surface area contributed by atoms with Crippen molar-refractivity contribution >= 4 is 0 Å². The van der Waals surface area contributed by atoms with Gasteiger partial charge in [-0.2, -0.15) is 4.98 Å². The van der Waals surface area contributed by atoms with E-state index in [0.29, 0.717) is 18.4 Å². The van der Waals surface area contributed by atoms with Crippen molar-refractivity contribution in [1.82, 2.24) is 15.5 Å². The van der Waals surface area contributed by atoms with Crippen LogP contribution < -0.4 is 5.32 Å². The number of hydrogen-bond donors (Lipinski definition) is 1. The maximum atomic E-state index is 5.94. The summed E-state index contributed by atoms with van der Waals surface area (Å²) in [7, 11) is 0. The fraction of sp³-hybridized carbons (Fsp3) is 0.875. The molecule has 2 unspecified atom stereocenters. The van der Waals surface area contributed by atoms with Crippen LogP contribution in [-0.2, 0) is 4.74 Å². The number of aromatic nitrogens is 2. The van der Waals surface area contributed by atoms with Gasteiger partial charge in [-0.25, -0.2) is 0 Å². The van der Waals surface area contributed by atoms with Gasteiger partial charge in [-0.3, -0.25) is 0 Å². The first-order chi connectivity index (χ1) is 10.3. The molecule has 0 aromatic carbocycles. The minimum absolute atomic E-state index is 0.00817. The molecule has 0 amide bonds. The SMILES string of the molecule is CCCNC(C)c1nc(C(OCC)C2CCCCC2)no1. The number of ether oxygens (including phenoxy) is 1. The van der Waals surface area contributed by atoms with Crippen LogP contribution in [0.4, 0.5) is 0 Å². The fourth-order valence-electron chi connectivity index (χ4n) is 3.02. The zero-order valence-corrected chi connectivity index (χ0v) is 13.6. The zero-order valence-electron chi connectivity index (χ0n) is 13.6. The highest BCUT2D eigenvalue weighted by atomic mass is 16.5. The van der Waals surface area contributed by atoms with Crippen LogP contribution in [0.5, 0.6) is 0 Å². The minimum Gasteiger partial charge on any atom is -0.370 e. The van der Waals surface area contributed by atoms with Gasteiger partial charge >= 0.3 is 0 Å². The molecule has 5 heteroatoms. The van der Waals surface area contributed by atoms with Crippen molar-refractivity contribution in [2.24, 2.45) is 5.92 Å². The third-order valence-corrected chi connectivity index (χ3v) is 4.21.